The van der Waals surface area contributed by atoms with E-state index in [9.17, 15) is 24.4 Å². The van der Waals surface area contributed by atoms with Gasteiger partial charge in [-0.25, -0.2) is 14.2 Å². The molecule has 13 heteroatoms. The lowest BCUT2D eigenvalue weighted by atomic mass is 10.1. The van der Waals surface area contributed by atoms with E-state index in [1.807, 2.05) is 0 Å². The molecule has 1 fully saturated rings. The van der Waals surface area contributed by atoms with Crippen LogP contribution in [0.1, 0.15) is 16.6 Å². The van der Waals surface area contributed by atoms with Crippen LogP contribution in [0.25, 0.3) is 0 Å². The number of hydrogen-bond donors (Lipinski definition) is 4. The molecule has 29 heavy (non-hydrogen) atoms. The number of rotatable bonds is 7. The molecule has 1 aromatic rings. The molecule has 0 spiro atoms. The van der Waals surface area contributed by atoms with Gasteiger partial charge in [0, 0.05) is 6.07 Å². The lowest BCUT2D eigenvalue weighted by Crippen LogP contribution is -2.46. The summed E-state index contributed by atoms with van der Waals surface area (Å²) in [5, 5.41) is 20.2. The Labute approximate surface area is 166 Å². The molecule has 12 nitrogen and oxygen atoms in total. The number of carbonyl (C=O) groups is 2. The zero-order chi connectivity index (χ0) is 22.0. The Morgan fingerprint density at radius 2 is 1.90 bits per heavy atom. The van der Waals surface area contributed by atoms with Gasteiger partial charge in [-0.1, -0.05) is 0 Å². The molecule has 1 aliphatic heterocycles. The monoisotopic (exact) mass is 436 g/mol. The number of ether oxygens (including phenoxy) is 2. The molecule has 0 aromatic carbocycles. The minimum atomic E-state index is -4.78. The van der Waals surface area contributed by atoms with Crippen molar-refractivity contribution in [3.63, 3.8) is 0 Å². The second kappa shape index (κ2) is 8.94. The highest BCUT2D eigenvalue weighted by Gasteiger charge is 2.49. The van der Waals surface area contributed by atoms with Gasteiger partial charge in [0.1, 0.15) is 17.8 Å². The van der Waals surface area contributed by atoms with Gasteiger partial charge in [-0.05, 0) is 6.07 Å². The van der Waals surface area contributed by atoms with Crippen molar-refractivity contribution >= 4 is 19.8 Å². The zero-order valence-electron chi connectivity index (χ0n) is 16.1. The van der Waals surface area contributed by atoms with Crippen LogP contribution in [0.5, 0.6) is 0 Å². The summed E-state index contributed by atoms with van der Waals surface area (Å²) >= 11 is 0. The van der Waals surface area contributed by atoms with Crippen LogP contribution in [0, 0.1) is 0 Å². The highest BCUT2D eigenvalue weighted by atomic mass is 31.2. The summed E-state index contributed by atoms with van der Waals surface area (Å²) in [5.41, 5.74) is 0.00228. The topological polar surface area (TPSA) is 164 Å². The molecular formula is C16H25N2O10P+2. The molecule has 0 amide bonds. The Kier molecular flexibility index (Phi) is 7.25. The van der Waals surface area contributed by atoms with Gasteiger partial charge < -0.3 is 34.0 Å². The van der Waals surface area contributed by atoms with Gasteiger partial charge in [-0.15, -0.1) is 0 Å². The van der Waals surface area contributed by atoms with Crippen molar-refractivity contribution in [2.75, 3.05) is 34.3 Å². The summed E-state index contributed by atoms with van der Waals surface area (Å²) in [6.45, 7) is -0.669. The number of aliphatic hydroxyl groups is 2. The van der Waals surface area contributed by atoms with E-state index >= 15 is 0 Å². The second-order valence-corrected chi connectivity index (χ2v) is 8.82. The number of carbonyl (C=O) groups excluding carboxylic acids is 2. The van der Waals surface area contributed by atoms with Crippen molar-refractivity contribution in [2.45, 2.75) is 24.5 Å². The van der Waals surface area contributed by atoms with Crippen LogP contribution in [0.15, 0.2) is 24.5 Å². The van der Waals surface area contributed by atoms with Gasteiger partial charge >= 0.3 is 19.8 Å². The van der Waals surface area contributed by atoms with E-state index in [1.54, 1.807) is 21.1 Å². The van der Waals surface area contributed by atoms with E-state index in [4.69, 9.17) is 19.3 Å². The number of phosphoric acid groups is 1. The Balaban J connectivity index is 2.09. The summed E-state index contributed by atoms with van der Waals surface area (Å²) in [4.78, 5) is 41.6. The van der Waals surface area contributed by atoms with Crippen molar-refractivity contribution in [3.8, 4) is 0 Å². The molecule has 0 unspecified atom stereocenters. The van der Waals surface area contributed by atoms with Gasteiger partial charge in [-0.3, -0.25) is 4.52 Å². The highest BCUT2D eigenvalue weighted by molar-refractivity contribution is 7.46. The second-order valence-electron chi connectivity index (χ2n) is 7.58. The van der Waals surface area contributed by atoms with Crippen molar-refractivity contribution in [3.05, 3.63) is 30.1 Å². The number of esters is 2. The third-order valence-corrected chi connectivity index (χ3v) is 4.39. The first-order chi connectivity index (χ1) is 13.3. The lowest BCUT2D eigenvalue weighted by Gasteiger charge is -2.21. The van der Waals surface area contributed by atoms with Gasteiger partial charge in [0.2, 0.25) is 0 Å². The largest absolute Gasteiger partial charge is 0.469 e. The van der Waals surface area contributed by atoms with Crippen LogP contribution in [0.3, 0.4) is 0 Å². The Morgan fingerprint density at radius 3 is 2.48 bits per heavy atom. The van der Waals surface area contributed by atoms with Gasteiger partial charge in [0.25, 0.3) is 6.23 Å². The number of nitrogens with zero attached hydrogens (tertiary/aromatic N) is 2. The molecule has 2 heterocycles. The van der Waals surface area contributed by atoms with E-state index in [1.165, 1.54) is 29.1 Å². The lowest BCUT2D eigenvalue weighted by molar-refractivity contribution is -0.862. The summed E-state index contributed by atoms with van der Waals surface area (Å²) in [6.07, 6.45) is -2.62. The van der Waals surface area contributed by atoms with Gasteiger partial charge in [-0.2, -0.15) is 4.57 Å². The number of pyridine rings is 1. The Morgan fingerprint density at radius 1 is 1.24 bits per heavy atom. The molecule has 162 valence electrons. The molecule has 1 saturated heterocycles. The first-order valence-electron chi connectivity index (χ1n) is 8.55. The SMILES string of the molecule is C[N+](C)(C)CC(=O)OC(=O)c1ccc[n+]([C@@H]2O[C@H](COP(=O)(O)O)[C@@H](O)[C@H]2O)c1. The van der Waals surface area contributed by atoms with Crippen molar-refractivity contribution in [2.24, 2.45) is 0 Å². The van der Waals surface area contributed by atoms with Crippen LogP contribution in [0.2, 0.25) is 0 Å². The molecule has 4 atom stereocenters. The smallest absolute Gasteiger partial charge is 0.387 e. The molecule has 2 rings (SSSR count). The van der Waals surface area contributed by atoms with Gasteiger partial charge in [0.15, 0.2) is 25.0 Å². The van der Waals surface area contributed by atoms with Crippen molar-refractivity contribution < 1.29 is 57.2 Å². The Bertz CT molecular complexity index is 805. The van der Waals surface area contributed by atoms with E-state index in [0.717, 1.165) is 0 Å². The molecule has 0 saturated carbocycles. The number of aromatic nitrogens is 1. The average molecular weight is 436 g/mol. The Hall–Kier alpha value is -1.76. The quantitative estimate of drug-likeness (QED) is 0.125. The number of phosphoric ester groups is 1. The molecule has 1 aliphatic rings. The number of aliphatic hydroxyl groups excluding tert-OH is 2. The molecule has 4 N–H and O–H groups in total. The van der Waals surface area contributed by atoms with Crippen molar-refractivity contribution in [1.82, 2.24) is 0 Å². The van der Waals surface area contributed by atoms with Gasteiger partial charge in [0.05, 0.1) is 27.7 Å². The van der Waals surface area contributed by atoms with Crippen LogP contribution < -0.4 is 4.57 Å². The maximum atomic E-state index is 12.2. The first kappa shape index (κ1) is 23.5. The van der Waals surface area contributed by atoms with E-state index in [2.05, 4.69) is 4.52 Å². The predicted molar refractivity (Wildman–Crippen MR) is 93.9 cm³/mol. The minimum absolute atomic E-state index is 0.00228. The van der Waals surface area contributed by atoms with Crippen LogP contribution in [-0.2, 0) is 23.4 Å². The van der Waals surface area contributed by atoms with Crippen molar-refractivity contribution in [1.29, 1.82) is 0 Å². The standard InChI is InChI=1S/C16H23N2O10P/c1-18(2,3)8-12(19)28-16(22)10-5-4-6-17(7-10)15-14(21)13(20)11(27-15)9-26-29(23,24)25/h4-7,11,13-15,20-21H,8-9H2,1-3H3/p+2/t11-,13-,14-,15-/m1/s1. The maximum Gasteiger partial charge on any atom is 0.469 e. The summed E-state index contributed by atoms with van der Waals surface area (Å²) in [5.74, 6) is -1.60. The fourth-order valence-corrected chi connectivity index (χ4v) is 2.98. The summed E-state index contributed by atoms with van der Waals surface area (Å²) in [6, 6.07) is 2.84. The molecular weight excluding hydrogens is 411 g/mol. The summed E-state index contributed by atoms with van der Waals surface area (Å²) in [7, 11) is 0.509. The minimum Gasteiger partial charge on any atom is -0.387 e. The average Bonchev–Trinajstić information content (AvgIpc) is 2.86. The zero-order valence-corrected chi connectivity index (χ0v) is 17.0. The van der Waals surface area contributed by atoms with E-state index in [-0.39, 0.29) is 16.6 Å². The molecule has 0 radical (unpaired) electrons. The number of quaternary nitrogens is 1. The predicted octanol–water partition coefficient (Wildman–Crippen LogP) is -1.91. The number of hydrogen-bond acceptors (Lipinski definition) is 8. The van der Waals surface area contributed by atoms with Crippen LogP contribution in [-0.4, -0.2) is 89.0 Å². The molecule has 1 aromatic heterocycles. The molecule has 0 bridgehead atoms. The van der Waals surface area contributed by atoms with E-state index < -0.39 is 50.9 Å². The fourth-order valence-electron chi connectivity index (χ4n) is 2.64. The fraction of sp³-hybridized carbons (Fsp3) is 0.562. The third kappa shape index (κ3) is 6.91. The van der Waals surface area contributed by atoms with E-state index in [0.29, 0.717) is 0 Å². The van der Waals surface area contributed by atoms with Crippen LogP contribution >= 0.6 is 7.82 Å². The summed E-state index contributed by atoms with van der Waals surface area (Å²) < 4.78 is 26.9. The highest BCUT2D eigenvalue weighted by Crippen LogP contribution is 2.37. The number of likely N-dealkylation sites (N-methyl/N-ethyl adjacent to an activating group) is 1. The first-order valence-corrected chi connectivity index (χ1v) is 10.1. The maximum absolute atomic E-state index is 12.2. The third-order valence-electron chi connectivity index (χ3n) is 3.91. The molecule has 0 aliphatic carbocycles. The van der Waals surface area contributed by atoms with Crippen LogP contribution in [0.4, 0.5) is 0 Å². The normalized spacial score (nSPS) is 25.1.